The Hall–Kier alpha value is -3.67. The van der Waals surface area contributed by atoms with Gasteiger partial charge in [0, 0.05) is 48.8 Å². The number of nitriles is 1. The molecule has 258 valence electrons. The normalized spacial score (nSPS) is 25.5. The summed E-state index contributed by atoms with van der Waals surface area (Å²) in [5, 5.41) is 10.1. The maximum absolute atomic E-state index is 17.2. The predicted octanol–water partition coefficient (Wildman–Crippen LogP) is 7.87. The van der Waals surface area contributed by atoms with Crippen LogP contribution in [0.15, 0.2) is 12.1 Å². The van der Waals surface area contributed by atoms with E-state index in [0.29, 0.717) is 38.8 Å². The van der Waals surface area contributed by atoms with Crippen molar-refractivity contribution >= 4 is 54.7 Å². The van der Waals surface area contributed by atoms with Crippen LogP contribution in [0.1, 0.15) is 50.5 Å². The molecule has 8 nitrogen and oxygen atoms in total. The Morgan fingerprint density at radius 1 is 1.18 bits per heavy atom. The summed E-state index contributed by atoms with van der Waals surface area (Å²) < 4.78 is 87.4. The van der Waals surface area contributed by atoms with E-state index in [1.54, 1.807) is 0 Å². The minimum Gasteiger partial charge on any atom is -0.491 e. The molecule has 3 fully saturated rings. The first-order valence-corrected chi connectivity index (χ1v) is 17.6. The first kappa shape index (κ1) is 32.5. The molecule has 3 saturated heterocycles. The zero-order valence-corrected chi connectivity index (χ0v) is 27.8. The number of halogens is 6. The molecule has 0 aliphatic carbocycles. The van der Waals surface area contributed by atoms with Crippen molar-refractivity contribution in [2.75, 3.05) is 43.5 Å². The molecule has 2 N–H and O–H groups in total. The SMILES string of the molecule is N#Cc1c(N)sc2c(F)ccc(-c3c(Cl)c4c5c(nc(OC[C@@]67CCCN6C[C@H](F)C7)nc5c3F)N3CCCC(C(F)F)CC3CCO4)c12. The van der Waals surface area contributed by atoms with Gasteiger partial charge in [-0.15, -0.1) is 11.3 Å². The summed E-state index contributed by atoms with van der Waals surface area (Å²) in [7, 11) is 0. The fraction of sp³-hybridized carbons (Fsp3) is 0.500. The molecule has 2 aromatic carbocycles. The molecule has 4 aliphatic rings. The highest BCUT2D eigenvalue weighted by Gasteiger charge is 2.49. The average Bonchev–Trinajstić information content (AvgIpc) is 3.65. The molecule has 0 spiro atoms. The Labute approximate surface area is 287 Å². The van der Waals surface area contributed by atoms with E-state index in [4.69, 9.17) is 31.8 Å². The molecule has 0 bridgehead atoms. The number of hydrogen-bond donors (Lipinski definition) is 1. The van der Waals surface area contributed by atoms with Crippen LogP contribution in [-0.4, -0.2) is 71.9 Å². The van der Waals surface area contributed by atoms with Gasteiger partial charge in [0.05, 0.1) is 32.8 Å². The van der Waals surface area contributed by atoms with E-state index in [-0.39, 0.29) is 84.9 Å². The molecular weight excluding hydrogens is 687 g/mol. The smallest absolute Gasteiger partial charge is 0.319 e. The van der Waals surface area contributed by atoms with Crippen LogP contribution < -0.4 is 20.1 Å². The molecule has 0 amide bonds. The lowest BCUT2D eigenvalue weighted by Crippen LogP contribution is -2.43. The van der Waals surface area contributed by atoms with Crippen LogP contribution in [-0.2, 0) is 0 Å². The quantitative estimate of drug-likeness (QED) is 0.208. The molecule has 0 saturated carbocycles. The Morgan fingerprint density at radius 2 is 2.02 bits per heavy atom. The lowest BCUT2D eigenvalue weighted by atomic mass is 9.94. The van der Waals surface area contributed by atoms with Gasteiger partial charge in [0.2, 0.25) is 6.43 Å². The van der Waals surface area contributed by atoms with Crippen LogP contribution in [0, 0.1) is 28.9 Å². The van der Waals surface area contributed by atoms with E-state index in [1.807, 2.05) is 11.0 Å². The third-order valence-corrected chi connectivity index (χ3v) is 12.1. The fourth-order valence-electron chi connectivity index (χ4n) is 8.41. The zero-order chi connectivity index (χ0) is 34.2. The highest BCUT2D eigenvalue weighted by molar-refractivity contribution is 7.23. The first-order chi connectivity index (χ1) is 23.6. The lowest BCUT2D eigenvalue weighted by molar-refractivity contribution is 0.0652. The summed E-state index contributed by atoms with van der Waals surface area (Å²) in [5.74, 6) is -2.00. The summed E-state index contributed by atoms with van der Waals surface area (Å²) in [4.78, 5) is 13.3. The van der Waals surface area contributed by atoms with Crippen molar-refractivity contribution in [2.45, 2.75) is 69.1 Å². The molecule has 49 heavy (non-hydrogen) atoms. The van der Waals surface area contributed by atoms with Gasteiger partial charge in [0.25, 0.3) is 0 Å². The van der Waals surface area contributed by atoms with Crippen LogP contribution >= 0.6 is 22.9 Å². The number of benzene rings is 2. The lowest BCUT2D eigenvalue weighted by Gasteiger charge is -2.35. The second-order valence-corrected chi connectivity index (χ2v) is 14.9. The fourth-order valence-corrected chi connectivity index (χ4v) is 9.70. The van der Waals surface area contributed by atoms with Gasteiger partial charge >= 0.3 is 6.01 Å². The number of rotatable bonds is 5. The number of nitrogens with zero attached hydrogens (tertiary/aromatic N) is 5. The number of nitrogens with two attached hydrogens (primary N) is 1. The number of thiophene rings is 1. The predicted molar refractivity (Wildman–Crippen MR) is 178 cm³/mol. The van der Waals surface area contributed by atoms with Gasteiger partial charge in [0.1, 0.15) is 41.0 Å². The van der Waals surface area contributed by atoms with Crippen molar-refractivity contribution in [3.8, 4) is 29.0 Å². The molecule has 4 atom stereocenters. The Bertz CT molecular complexity index is 2030. The number of nitrogen functional groups attached to an aromatic ring is 1. The zero-order valence-electron chi connectivity index (χ0n) is 26.3. The number of hydrogen-bond acceptors (Lipinski definition) is 9. The number of fused-ring (bicyclic) bond motifs is 4. The second-order valence-electron chi connectivity index (χ2n) is 13.5. The van der Waals surface area contributed by atoms with E-state index < -0.39 is 41.7 Å². The van der Waals surface area contributed by atoms with Crippen molar-refractivity contribution in [1.82, 2.24) is 14.9 Å². The van der Waals surface area contributed by atoms with E-state index in [2.05, 4.69) is 9.88 Å². The van der Waals surface area contributed by atoms with E-state index in [0.717, 1.165) is 36.8 Å². The van der Waals surface area contributed by atoms with Gasteiger partial charge in [-0.3, -0.25) is 4.90 Å². The van der Waals surface area contributed by atoms with E-state index >= 15 is 8.78 Å². The molecule has 4 aromatic rings. The van der Waals surface area contributed by atoms with Crippen molar-refractivity contribution in [3.63, 3.8) is 0 Å². The number of anilines is 2. The molecule has 2 aromatic heterocycles. The maximum atomic E-state index is 17.2. The van der Waals surface area contributed by atoms with Crippen LogP contribution in [0.5, 0.6) is 11.8 Å². The molecule has 6 heterocycles. The standard InChI is InChI=1S/C34H32ClF5N6O2S/c35-25-23(19-4-5-21(37)29-22(19)20(13-41)31(42)49-29)26(38)27-24-28(25)47-10-6-18-11-16(30(39)40)3-1-9-46(18)32(24)44-33(43-27)48-15-34-7-2-8-45(34)14-17(36)12-34/h4-5,16-18,30H,1-3,6-12,14-15,42H2/t16?,17-,18?,34+/m1/s1. The minimum absolute atomic E-state index is 0.00913. The monoisotopic (exact) mass is 718 g/mol. The van der Waals surface area contributed by atoms with Crippen LogP contribution in [0.25, 0.3) is 32.1 Å². The molecule has 2 unspecified atom stereocenters. The van der Waals surface area contributed by atoms with Gasteiger partial charge in [-0.25, -0.2) is 22.0 Å². The van der Waals surface area contributed by atoms with Crippen molar-refractivity contribution in [3.05, 3.63) is 34.4 Å². The third kappa shape index (κ3) is 5.22. The molecular formula is C34H32ClF5N6O2S. The summed E-state index contributed by atoms with van der Waals surface area (Å²) in [6, 6.07) is 3.96. The topological polar surface area (TPSA) is 101 Å². The van der Waals surface area contributed by atoms with Crippen LogP contribution in [0.2, 0.25) is 5.02 Å². The largest absolute Gasteiger partial charge is 0.491 e. The first-order valence-electron chi connectivity index (χ1n) is 16.4. The van der Waals surface area contributed by atoms with Crippen molar-refractivity contribution in [2.24, 2.45) is 5.92 Å². The Balaban J connectivity index is 1.34. The van der Waals surface area contributed by atoms with Gasteiger partial charge in [0.15, 0.2) is 11.6 Å². The van der Waals surface area contributed by atoms with Gasteiger partial charge in [-0.1, -0.05) is 17.7 Å². The minimum atomic E-state index is -2.49. The second kappa shape index (κ2) is 12.3. The molecule has 8 rings (SSSR count). The summed E-state index contributed by atoms with van der Waals surface area (Å²) in [5.41, 5.74) is 5.30. The van der Waals surface area contributed by atoms with Crippen molar-refractivity contribution < 1.29 is 31.4 Å². The Morgan fingerprint density at radius 3 is 2.82 bits per heavy atom. The number of aromatic nitrogens is 2. The molecule has 4 aliphatic heterocycles. The van der Waals surface area contributed by atoms with Gasteiger partial charge < -0.3 is 20.1 Å². The molecule has 0 radical (unpaired) electrons. The maximum Gasteiger partial charge on any atom is 0.319 e. The summed E-state index contributed by atoms with van der Waals surface area (Å²) in [6.07, 6.45) is -0.236. The average molecular weight is 719 g/mol. The van der Waals surface area contributed by atoms with Crippen LogP contribution in [0.3, 0.4) is 0 Å². The number of alkyl halides is 3. The Kier molecular flexibility index (Phi) is 8.15. The van der Waals surface area contributed by atoms with Crippen molar-refractivity contribution in [1.29, 1.82) is 5.26 Å². The van der Waals surface area contributed by atoms with E-state index in [9.17, 15) is 18.4 Å². The third-order valence-electron chi connectivity index (χ3n) is 10.7. The van der Waals surface area contributed by atoms with Gasteiger partial charge in [-0.2, -0.15) is 15.2 Å². The van der Waals surface area contributed by atoms with E-state index in [1.165, 1.54) is 6.07 Å². The van der Waals surface area contributed by atoms with Crippen LogP contribution in [0.4, 0.5) is 32.8 Å². The highest BCUT2D eigenvalue weighted by atomic mass is 35.5. The number of ether oxygens (including phenoxy) is 2. The summed E-state index contributed by atoms with van der Waals surface area (Å²) >= 11 is 7.90. The summed E-state index contributed by atoms with van der Waals surface area (Å²) in [6.45, 7) is 1.61. The highest BCUT2D eigenvalue weighted by Crippen LogP contribution is 2.51. The molecule has 15 heteroatoms. The van der Waals surface area contributed by atoms with Gasteiger partial charge in [-0.05, 0) is 50.3 Å².